The van der Waals surface area contributed by atoms with E-state index in [1.54, 1.807) is 25.3 Å². The quantitative estimate of drug-likeness (QED) is 0.841. The van der Waals surface area contributed by atoms with E-state index in [-0.39, 0.29) is 11.9 Å². The van der Waals surface area contributed by atoms with Gasteiger partial charge in [0.25, 0.3) is 0 Å². The van der Waals surface area contributed by atoms with E-state index in [0.717, 1.165) is 23.9 Å². The smallest absolute Gasteiger partial charge is 0.319 e. The van der Waals surface area contributed by atoms with E-state index in [1.807, 2.05) is 4.90 Å². The van der Waals surface area contributed by atoms with Crippen LogP contribution < -0.4 is 15.4 Å². The molecule has 1 saturated carbocycles. The second kappa shape index (κ2) is 6.78. The molecule has 2 aliphatic rings. The summed E-state index contributed by atoms with van der Waals surface area (Å²) in [6.45, 7) is 0.737. The Morgan fingerprint density at radius 3 is 2.74 bits per heavy atom. The van der Waals surface area contributed by atoms with Crippen LogP contribution in [0.5, 0.6) is 5.75 Å². The average molecular weight is 382 g/mol. The maximum atomic E-state index is 12.3. The van der Waals surface area contributed by atoms with E-state index in [1.165, 1.54) is 6.42 Å². The minimum absolute atomic E-state index is 0.0404. The van der Waals surface area contributed by atoms with Gasteiger partial charge in [-0.1, -0.05) is 0 Å². The number of amides is 3. The van der Waals surface area contributed by atoms with E-state index in [2.05, 4.69) is 26.6 Å². The summed E-state index contributed by atoms with van der Waals surface area (Å²) < 4.78 is 5.84. The highest BCUT2D eigenvalue weighted by atomic mass is 79.9. The molecule has 0 spiro atoms. The largest absolute Gasteiger partial charge is 0.497 e. The monoisotopic (exact) mass is 381 g/mol. The normalized spacial score (nSPS) is 21.0. The summed E-state index contributed by atoms with van der Waals surface area (Å²) in [5, 5.41) is 5.53. The molecule has 1 aliphatic heterocycles. The Morgan fingerprint density at radius 2 is 2.13 bits per heavy atom. The average Bonchev–Trinajstić information content (AvgIpc) is 2.81. The predicted octanol–water partition coefficient (Wildman–Crippen LogP) is 2.73. The molecule has 1 aromatic carbocycles. The van der Waals surface area contributed by atoms with E-state index in [4.69, 9.17) is 4.74 Å². The van der Waals surface area contributed by atoms with Gasteiger partial charge in [0.2, 0.25) is 5.91 Å². The fourth-order valence-electron chi connectivity index (χ4n) is 2.94. The lowest BCUT2D eigenvalue weighted by molar-refractivity contribution is -0.132. The number of ether oxygens (including phenoxy) is 1. The highest BCUT2D eigenvalue weighted by Gasteiger charge is 2.38. The number of likely N-dealkylation sites (tertiary alicyclic amines) is 1. The molecule has 3 amide bonds. The summed E-state index contributed by atoms with van der Waals surface area (Å²) in [7, 11) is 1.58. The summed E-state index contributed by atoms with van der Waals surface area (Å²) >= 11 is 3.39. The van der Waals surface area contributed by atoms with Crippen LogP contribution in [0, 0.1) is 0 Å². The van der Waals surface area contributed by atoms with Crippen LogP contribution in [0.4, 0.5) is 10.5 Å². The molecule has 23 heavy (non-hydrogen) atoms. The van der Waals surface area contributed by atoms with Crippen LogP contribution >= 0.6 is 15.9 Å². The van der Waals surface area contributed by atoms with Crippen molar-refractivity contribution in [1.82, 2.24) is 10.2 Å². The number of nitrogens with zero attached hydrogens (tertiary/aromatic N) is 1. The van der Waals surface area contributed by atoms with Gasteiger partial charge in [-0.15, -0.1) is 0 Å². The molecule has 124 valence electrons. The van der Waals surface area contributed by atoms with Crippen molar-refractivity contribution < 1.29 is 14.3 Å². The van der Waals surface area contributed by atoms with E-state index in [0.29, 0.717) is 23.9 Å². The molecule has 1 heterocycles. The molecular weight excluding hydrogens is 362 g/mol. The molecule has 7 heteroatoms. The number of carbonyl (C=O) groups excluding carboxylic acids is 2. The molecule has 1 unspecified atom stereocenters. The lowest BCUT2D eigenvalue weighted by Gasteiger charge is -2.34. The van der Waals surface area contributed by atoms with Crippen LogP contribution in [-0.2, 0) is 4.79 Å². The number of methoxy groups -OCH3 is 1. The molecule has 1 saturated heterocycles. The van der Waals surface area contributed by atoms with Gasteiger partial charge < -0.3 is 20.3 Å². The third kappa shape index (κ3) is 3.44. The van der Waals surface area contributed by atoms with Crippen molar-refractivity contribution in [3.8, 4) is 5.75 Å². The summed E-state index contributed by atoms with van der Waals surface area (Å²) in [6, 6.07) is 4.87. The number of urea groups is 1. The summed E-state index contributed by atoms with van der Waals surface area (Å²) in [5.74, 6) is 0.739. The predicted molar refractivity (Wildman–Crippen MR) is 90.6 cm³/mol. The fraction of sp³-hybridized carbons (Fsp3) is 0.500. The number of benzene rings is 1. The summed E-state index contributed by atoms with van der Waals surface area (Å²) in [4.78, 5) is 26.4. The zero-order valence-electron chi connectivity index (χ0n) is 13.0. The van der Waals surface area contributed by atoms with Crippen molar-refractivity contribution in [2.24, 2.45) is 0 Å². The lowest BCUT2D eigenvalue weighted by Crippen LogP contribution is -2.47. The molecule has 1 atom stereocenters. The number of hydrogen-bond donors (Lipinski definition) is 2. The molecule has 2 fully saturated rings. The third-order valence-corrected chi connectivity index (χ3v) is 5.14. The number of rotatable bonds is 4. The van der Waals surface area contributed by atoms with Gasteiger partial charge in [-0.3, -0.25) is 4.79 Å². The minimum atomic E-state index is -0.423. The Morgan fingerprint density at radius 1 is 1.35 bits per heavy atom. The Kier molecular flexibility index (Phi) is 4.75. The highest BCUT2D eigenvalue weighted by Crippen LogP contribution is 2.29. The Bertz CT molecular complexity index is 619. The van der Waals surface area contributed by atoms with E-state index < -0.39 is 6.04 Å². The van der Waals surface area contributed by atoms with Crippen LogP contribution in [0.15, 0.2) is 22.7 Å². The Hall–Kier alpha value is -1.76. The van der Waals surface area contributed by atoms with Crippen LogP contribution in [0.25, 0.3) is 0 Å². The molecule has 0 aromatic heterocycles. The van der Waals surface area contributed by atoms with Crippen LogP contribution in [0.1, 0.15) is 25.7 Å². The molecule has 0 bridgehead atoms. The first-order valence-corrected chi connectivity index (χ1v) is 8.59. The van der Waals surface area contributed by atoms with Gasteiger partial charge in [-0.05, 0) is 59.8 Å². The first-order chi connectivity index (χ1) is 11.1. The van der Waals surface area contributed by atoms with Gasteiger partial charge in [0.05, 0.1) is 12.8 Å². The van der Waals surface area contributed by atoms with Gasteiger partial charge in [0.15, 0.2) is 0 Å². The Balaban J connectivity index is 1.56. The molecule has 2 N–H and O–H groups in total. The zero-order chi connectivity index (χ0) is 16.4. The first kappa shape index (κ1) is 16.1. The van der Waals surface area contributed by atoms with Gasteiger partial charge >= 0.3 is 6.03 Å². The molecule has 1 aliphatic carbocycles. The number of carbonyl (C=O) groups is 2. The van der Waals surface area contributed by atoms with Crippen molar-refractivity contribution in [3.05, 3.63) is 22.7 Å². The van der Waals surface area contributed by atoms with Gasteiger partial charge in [0.1, 0.15) is 11.8 Å². The maximum Gasteiger partial charge on any atom is 0.319 e. The maximum absolute atomic E-state index is 12.3. The topological polar surface area (TPSA) is 70.7 Å². The van der Waals surface area contributed by atoms with E-state index >= 15 is 0 Å². The lowest BCUT2D eigenvalue weighted by atomic mass is 9.92. The standard InChI is InChI=1S/C16H20BrN3O3/c1-23-11-5-6-13(12(17)9-11)18-16(22)19-14-7-8-20(15(14)21)10-3-2-4-10/h5-6,9-10,14H,2-4,7-8H2,1H3,(H2,18,19,22). The van der Waals surface area contributed by atoms with Gasteiger partial charge in [0, 0.05) is 17.1 Å². The van der Waals surface area contributed by atoms with Gasteiger partial charge in [-0.25, -0.2) is 4.79 Å². The fourth-order valence-corrected chi connectivity index (χ4v) is 3.39. The van der Waals surface area contributed by atoms with Crippen molar-refractivity contribution in [2.45, 2.75) is 37.8 Å². The summed E-state index contributed by atoms with van der Waals surface area (Å²) in [6.07, 6.45) is 4.04. The van der Waals surface area contributed by atoms with Crippen molar-refractivity contribution in [2.75, 3.05) is 19.0 Å². The van der Waals surface area contributed by atoms with Crippen molar-refractivity contribution >= 4 is 33.6 Å². The molecule has 3 rings (SSSR count). The SMILES string of the molecule is COc1ccc(NC(=O)NC2CCN(C3CCC3)C2=O)c(Br)c1. The van der Waals surface area contributed by atoms with Gasteiger partial charge in [-0.2, -0.15) is 0 Å². The number of hydrogen-bond acceptors (Lipinski definition) is 3. The van der Waals surface area contributed by atoms with Crippen LogP contribution in [-0.4, -0.2) is 42.6 Å². The zero-order valence-corrected chi connectivity index (χ0v) is 14.6. The summed E-state index contributed by atoms with van der Waals surface area (Å²) in [5.41, 5.74) is 0.629. The van der Waals surface area contributed by atoms with Crippen LogP contribution in [0.2, 0.25) is 0 Å². The van der Waals surface area contributed by atoms with Crippen molar-refractivity contribution in [3.63, 3.8) is 0 Å². The first-order valence-electron chi connectivity index (χ1n) is 7.80. The minimum Gasteiger partial charge on any atom is -0.497 e. The van der Waals surface area contributed by atoms with Crippen molar-refractivity contribution in [1.29, 1.82) is 0 Å². The molecular formula is C16H20BrN3O3. The second-order valence-electron chi connectivity index (χ2n) is 5.90. The molecule has 1 aromatic rings. The van der Waals surface area contributed by atoms with Crippen LogP contribution in [0.3, 0.4) is 0 Å². The second-order valence-corrected chi connectivity index (χ2v) is 6.76. The number of halogens is 1. The van der Waals surface area contributed by atoms with E-state index in [9.17, 15) is 9.59 Å². The number of nitrogens with one attached hydrogen (secondary N) is 2. The highest BCUT2D eigenvalue weighted by molar-refractivity contribution is 9.10. The molecule has 0 radical (unpaired) electrons. The Labute approximate surface area is 143 Å². The third-order valence-electron chi connectivity index (χ3n) is 4.49. The number of anilines is 1. The molecule has 6 nitrogen and oxygen atoms in total.